The number of piperazine rings is 1. The van der Waals surface area contributed by atoms with E-state index in [0.717, 1.165) is 18.9 Å². The molecule has 160 valence electrons. The number of pyridine rings is 1. The Kier molecular flexibility index (Phi) is 9.92. The van der Waals surface area contributed by atoms with E-state index in [0.29, 0.717) is 32.1 Å². The van der Waals surface area contributed by atoms with Gasteiger partial charge in [-0.05, 0) is 31.1 Å². The van der Waals surface area contributed by atoms with E-state index in [1.54, 1.807) is 6.20 Å². The van der Waals surface area contributed by atoms with Crippen LogP contribution in [0.4, 0.5) is 5.82 Å². The van der Waals surface area contributed by atoms with Crippen LogP contribution in [0.25, 0.3) is 0 Å². The molecule has 2 aliphatic heterocycles. The summed E-state index contributed by atoms with van der Waals surface area (Å²) >= 11 is 0. The van der Waals surface area contributed by atoms with Crippen LogP contribution in [0.2, 0.25) is 0 Å². The molecule has 1 atom stereocenters. The molecule has 1 aromatic heterocycles. The largest absolute Gasteiger partial charge is 0.355 e. The molecule has 0 radical (unpaired) electrons. The fourth-order valence-electron chi connectivity index (χ4n) is 3.21. The number of nitrogens with zero attached hydrogens (tertiary/aromatic N) is 3. The molecular formula is C17H29Cl2N5O3S. The van der Waals surface area contributed by atoms with Crippen LogP contribution in [-0.2, 0) is 14.8 Å². The molecule has 2 N–H and O–H groups in total. The number of halogens is 2. The van der Waals surface area contributed by atoms with Crippen molar-refractivity contribution in [3.63, 3.8) is 0 Å². The Labute approximate surface area is 179 Å². The Bertz CT molecular complexity index is 711. The predicted octanol–water partition coefficient (Wildman–Crippen LogP) is 0.349. The van der Waals surface area contributed by atoms with Gasteiger partial charge in [0, 0.05) is 44.8 Å². The molecule has 0 saturated carbocycles. The topological polar surface area (TPSA) is 94.6 Å². The quantitative estimate of drug-likeness (QED) is 0.618. The maximum atomic E-state index is 12.5. The smallest absolute Gasteiger partial charge is 0.223 e. The molecule has 0 aliphatic carbocycles. The van der Waals surface area contributed by atoms with Gasteiger partial charge >= 0.3 is 0 Å². The van der Waals surface area contributed by atoms with Gasteiger partial charge in [-0.15, -0.1) is 24.8 Å². The fourth-order valence-corrected chi connectivity index (χ4v) is 4.55. The average molecular weight is 454 g/mol. The van der Waals surface area contributed by atoms with Crippen LogP contribution < -0.4 is 15.5 Å². The monoisotopic (exact) mass is 453 g/mol. The van der Waals surface area contributed by atoms with Gasteiger partial charge in [-0.1, -0.05) is 13.0 Å². The summed E-state index contributed by atoms with van der Waals surface area (Å²) in [5.74, 6) is 1.02. The first kappa shape index (κ1) is 24.9. The molecule has 8 nitrogen and oxygen atoms in total. The molecule has 3 heterocycles. The fraction of sp³-hybridized carbons (Fsp3) is 0.647. The zero-order valence-electron chi connectivity index (χ0n) is 15.9. The molecule has 1 aromatic rings. The lowest BCUT2D eigenvalue weighted by Crippen LogP contribution is -2.51. The summed E-state index contributed by atoms with van der Waals surface area (Å²) in [6.45, 7) is 5.88. The Balaban J connectivity index is 0.00000196. The van der Waals surface area contributed by atoms with Gasteiger partial charge < -0.3 is 15.5 Å². The summed E-state index contributed by atoms with van der Waals surface area (Å²) in [4.78, 5) is 18.5. The highest BCUT2D eigenvalue weighted by atomic mass is 35.5. The molecule has 28 heavy (non-hydrogen) atoms. The lowest BCUT2D eigenvalue weighted by atomic mass is 9.88. The van der Waals surface area contributed by atoms with E-state index in [1.165, 1.54) is 4.31 Å². The first-order valence-corrected chi connectivity index (χ1v) is 10.7. The number of hydrogen-bond donors (Lipinski definition) is 2. The first-order chi connectivity index (χ1) is 12.5. The molecule has 2 fully saturated rings. The number of carbonyl (C=O) groups excluding carboxylic acids is 1. The highest BCUT2D eigenvalue weighted by molar-refractivity contribution is 7.89. The van der Waals surface area contributed by atoms with Gasteiger partial charge in [0.05, 0.1) is 5.75 Å². The van der Waals surface area contributed by atoms with Crippen LogP contribution in [0, 0.1) is 11.8 Å². The zero-order valence-corrected chi connectivity index (χ0v) is 18.4. The molecule has 0 aromatic carbocycles. The summed E-state index contributed by atoms with van der Waals surface area (Å²) in [6.07, 6.45) is 1.74. The minimum absolute atomic E-state index is 0. The van der Waals surface area contributed by atoms with E-state index in [-0.39, 0.29) is 48.9 Å². The SMILES string of the molecule is CC(C(=O)NCCS(=O)(=O)N1CCN(c2ccccn2)CC1)C1CNC1.Cl.Cl. The maximum Gasteiger partial charge on any atom is 0.223 e. The summed E-state index contributed by atoms with van der Waals surface area (Å²) in [7, 11) is -3.36. The lowest BCUT2D eigenvalue weighted by Gasteiger charge is -2.34. The van der Waals surface area contributed by atoms with Crippen LogP contribution >= 0.6 is 24.8 Å². The van der Waals surface area contributed by atoms with E-state index >= 15 is 0 Å². The van der Waals surface area contributed by atoms with Crippen molar-refractivity contribution < 1.29 is 13.2 Å². The summed E-state index contributed by atoms with van der Waals surface area (Å²) in [5, 5.41) is 5.91. The van der Waals surface area contributed by atoms with E-state index in [9.17, 15) is 13.2 Å². The first-order valence-electron chi connectivity index (χ1n) is 9.09. The number of amides is 1. The van der Waals surface area contributed by atoms with E-state index < -0.39 is 10.0 Å². The Morgan fingerprint density at radius 2 is 1.93 bits per heavy atom. The van der Waals surface area contributed by atoms with Gasteiger partial charge in [-0.2, -0.15) is 4.31 Å². The van der Waals surface area contributed by atoms with Crippen LogP contribution in [0.5, 0.6) is 0 Å². The van der Waals surface area contributed by atoms with Crippen molar-refractivity contribution in [3.05, 3.63) is 24.4 Å². The Morgan fingerprint density at radius 1 is 1.25 bits per heavy atom. The second-order valence-electron chi connectivity index (χ2n) is 6.89. The highest BCUT2D eigenvalue weighted by Crippen LogP contribution is 2.16. The number of rotatable bonds is 7. The van der Waals surface area contributed by atoms with Gasteiger partial charge in [-0.3, -0.25) is 4.79 Å². The molecule has 11 heteroatoms. The second kappa shape index (κ2) is 11.2. The van der Waals surface area contributed by atoms with E-state index in [1.807, 2.05) is 25.1 Å². The number of sulfonamides is 1. The van der Waals surface area contributed by atoms with Gasteiger partial charge in [0.15, 0.2) is 0 Å². The van der Waals surface area contributed by atoms with Gasteiger partial charge in [0.2, 0.25) is 15.9 Å². The molecule has 2 saturated heterocycles. The molecular weight excluding hydrogens is 425 g/mol. The minimum atomic E-state index is -3.36. The summed E-state index contributed by atoms with van der Waals surface area (Å²) in [6, 6.07) is 5.72. The molecule has 2 aliphatic rings. The van der Waals surface area contributed by atoms with Crippen molar-refractivity contribution in [1.29, 1.82) is 0 Å². The van der Waals surface area contributed by atoms with Crippen LogP contribution in [0.1, 0.15) is 6.92 Å². The van der Waals surface area contributed by atoms with Crippen LogP contribution in [0.15, 0.2) is 24.4 Å². The normalized spacial score (nSPS) is 19.0. The Hall–Kier alpha value is -1.13. The highest BCUT2D eigenvalue weighted by Gasteiger charge is 2.30. The predicted molar refractivity (Wildman–Crippen MR) is 115 cm³/mol. The van der Waals surface area contributed by atoms with Crippen molar-refractivity contribution in [1.82, 2.24) is 19.9 Å². The van der Waals surface area contributed by atoms with Gasteiger partial charge in [0.1, 0.15) is 5.82 Å². The van der Waals surface area contributed by atoms with Gasteiger partial charge in [-0.25, -0.2) is 13.4 Å². The lowest BCUT2D eigenvalue weighted by molar-refractivity contribution is -0.126. The van der Waals surface area contributed by atoms with E-state index in [4.69, 9.17) is 0 Å². The van der Waals surface area contributed by atoms with Crippen LogP contribution in [-0.4, -0.2) is 75.2 Å². The van der Waals surface area contributed by atoms with Crippen LogP contribution in [0.3, 0.4) is 0 Å². The third-order valence-electron chi connectivity index (χ3n) is 5.20. The van der Waals surface area contributed by atoms with Crippen molar-refractivity contribution in [3.8, 4) is 0 Å². The van der Waals surface area contributed by atoms with Crippen molar-refractivity contribution in [2.75, 3.05) is 56.5 Å². The van der Waals surface area contributed by atoms with Crippen molar-refractivity contribution in [2.45, 2.75) is 6.92 Å². The zero-order chi connectivity index (χ0) is 18.6. The minimum Gasteiger partial charge on any atom is -0.355 e. The molecule has 1 amide bonds. The number of aromatic nitrogens is 1. The van der Waals surface area contributed by atoms with Crippen molar-refractivity contribution >= 4 is 46.6 Å². The summed E-state index contributed by atoms with van der Waals surface area (Å²) < 4.78 is 26.5. The molecule has 0 bridgehead atoms. The molecule has 0 spiro atoms. The molecule has 3 rings (SSSR count). The number of nitrogens with one attached hydrogen (secondary N) is 2. The third-order valence-corrected chi connectivity index (χ3v) is 7.07. The average Bonchev–Trinajstić information content (AvgIpc) is 2.61. The maximum absolute atomic E-state index is 12.5. The van der Waals surface area contributed by atoms with Crippen molar-refractivity contribution in [2.24, 2.45) is 11.8 Å². The number of hydrogen-bond acceptors (Lipinski definition) is 6. The van der Waals surface area contributed by atoms with E-state index in [2.05, 4.69) is 20.5 Å². The number of anilines is 1. The second-order valence-corrected chi connectivity index (χ2v) is 8.98. The Morgan fingerprint density at radius 3 is 2.46 bits per heavy atom. The molecule has 1 unspecified atom stereocenters. The third kappa shape index (κ3) is 6.18. The number of carbonyl (C=O) groups is 1. The van der Waals surface area contributed by atoms with Gasteiger partial charge in [0.25, 0.3) is 0 Å². The standard InChI is InChI=1S/C17H27N5O3S.2ClH/c1-14(15-12-18-13-15)17(23)20-6-11-26(24,25)22-9-7-21(8-10-22)16-4-2-3-5-19-16;;/h2-5,14-15,18H,6-13H2,1H3,(H,20,23);2*1H. The summed E-state index contributed by atoms with van der Waals surface area (Å²) in [5.41, 5.74) is 0.